The fourth-order valence-corrected chi connectivity index (χ4v) is 1.87. The van der Waals surface area contributed by atoms with E-state index < -0.39 is 5.97 Å². The first-order valence-corrected chi connectivity index (χ1v) is 6.55. The number of carboxylic acids is 1. The minimum absolute atomic E-state index is 0.181. The third-order valence-electron chi connectivity index (χ3n) is 2.89. The zero-order chi connectivity index (χ0) is 15.9. The highest BCUT2D eigenvalue weighted by Gasteiger charge is 2.06. The maximum atomic E-state index is 13.1. The SMILES string of the molecule is COc1ccc(/C=C/C(=O)O)cc1OCc1cccc(F)c1. The van der Waals surface area contributed by atoms with Crippen LogP contribution in [0.15, 0.2) is 48.5 Å². The molecule has 5 heteroatoms. The fourth-order valence-electron chi connectivity index (χ4n) is 1.87. The van der Waals surface area contributed by atoms with Crippen molar-refractivity contribution in [2.45, 2.75) is 6.61 Å². The Morgan fingerprint density at radius 2 is 2.05 bits per heavy atom. The van der Waals surface area contributed by atoms with Crippen molar-refractivity contribution in [2.75, 3.05) is 7.11 Å². The summed E-state index contributed by atoms with van der Waals surface area (Å²) in [7, 11) is 1.51. The van der Waals surface area contributed by atoms with Crippen LogP contribution in [0.2, 0.25) is 0 Å². The lowest BCUT2D eigenvalue weighted by Crippen LogP contribution is -1.98. The average molecular weight is 302 g/mol. The first kappa shape index (κ1) is 15.6. The van der Waals surface area contributed by atoms with E-state index in [1.54, 1.807) is 30.3 Å². The van der Waals surface area contributed by atoms with Crippen molar-refractivity contribution < 1.29 is 23.8 Å². The lowest BCUT2D eigenvalue weighted by Gasteiger charge is -2.11. The number of methoxy groups -OCH3 is 1. The normalized spacial score (nSPS) is 10.6. The molecule has 22 heavy (non-hydrogen) atoms. The van der Waals surface area contributed by atoms with Gasteiger partial charge >= 0.3 is 5.97 Å². The average Bonchev–Trinajstić information content (AvgIpc) is 2.51. The zero-order valence-electron chi connectivity index (χ0n) is 12.0. The third kappa shape index (κ3) is 4.34. The summed E-state index contributed by atoms with van der Waals surface area (Å²) >= 11 is 0. The van der Waals surface area contributed by atoms with Crippen LogP contribution in [0.5, 0.6) is 11.5 Å². The van der Waals surface area contributed by atoms with E-state index in [4.69, 9.17) is 14.6 Å². The maximum Gasteiger partial charge on any atom is 0.328 e. The van der Waals surface area contributed by atoms with Gasteiger partial charge in [-0.2, -0.15) is 0 Å². The summed E-state index contributed by atoms with van der Waals surface area (Å²) in [4.78, 5) is 10.5. The van der Waals surface area contributed by atoms with Crippen LogP contribution in [0.25, 0.3) is 6.08 Å². The number of carboxylic acid groups (broad SMARTS) is 1. The highest BCUT2D eigenvalue weighted by molar-refractivity contribution is 5.85. The highest BCUT2D eigenvalue weighted by atomic mass is 19.1. The molecule has 0 radical (unpaired) electrons. The molecule has 0 heterocycles. The van der Waals surface area contributed by atoms with E-state index in [0.29, 0.717) is 22.6 Å². The van der Waals surface area contributed by atoms with Crippen LogP contribution < -0.4 is 9.47 Å². The molecule has 4 nitrogen and oxygen atoms in total. The molecule has 2 aromatic rings. The predicted octanol–water partition coefficient (Wildman–Crippen LogP) is 3.51. The number of hydrogen-bond acceptors (Lipinski definition) is 3. The number of hydrogen-bond donors (Lipinski definition) is 1. The zero-order valence-corrected chi connectivity index (χ0v) is 12.0. The standard InChI is InChI=1S/C17H15FO4/c1-21-15-7-5-12(6-8-17(19)20)10-16(15)22-11-13-3-2-4-14(18)9-13/h2-10H,11H2,1H3,(H,19,20)/b8-6+. The van der Waals surface area contributed by atoms with Gasteiger partial charge in [0, 0.05) is 6.08 Å². The van der Waals surface area contributed by atoms with E-state index in [2.05, 4.69) is 0 Å². The molecule has 0 aliphatic carbocycles. The van der Waals surface area contributed by atoms with Crippen molar-refractivity contribution >= 4 is 12.0 Å². The maximum absolute atomic E-state index is 13.1. The van der Waals surface area contributed by atoms with Gasteiger partial charge in [-0.1, -0.05) is 18.2 Å². The molecule has 0 aromatic heterocycles. The van der Waals surface area contributed by atoms with Crippen LogP contribution in [0.3, 0.4) is 0 Å². The summed E-state index contributed by atoms with van der Waals surface area (Å²) in [5.74, 6) is -0.382. The Kier molecular flexibility index (Phi) is 5.14. The van der Waals surface area contributed by atoms with E-state index in [0.717, 1.165) is 6.08 Å². The second kappa shape index (κ2) is 7.26. The molecule has 0 amide bonds. The molecule has 0 bridgehead atoms. The summed E-state index contributed by atoms with van der Waals surface area (Å²) in [6.45, 7) is 0.181. The van der Waals surface area contributed by atoms with E-state index >= 15 is 0 Å². The van der Waals surface area contributed by atoms with Crippen molar-refractivity contribution in [1.82, 2.24) is 0 Å². The first-order valence-electron chi connectivity index (χ1n) is 6.55. The van der Waals surface area contributed by atoms with E-state index in [-0.39, 0.29) is 12.4 Å². The second-order valence-electron chi connectivity index (χ2n) is 4.50. The fraction of sp³-hybridized carbons (Fsp3) is 0.118. The van der Waals surface area contributed by atoms with Gasteiger partial charge < -0.3 is 14.6 Å². The number of ether oxygens (including phenoxy) is 2. The van der Waals surface area contributed by atoms with Gasteiger partial charge in [-0.3, -0.25) is 0 Å². The molecule has 0 unspecified atom stereocenters. The summed E-state index contributed by atoms with van der Waals surface area (Å²) in [5, 5.41) is 8.64. The number of halogens is 1. The summed E-state index contributed by atoms with van der Waals surface area (Å²) in [5.41, 5.74) is 1.35. The van der Waals surface area contributed by atoms with Crippen LogP contribution in [-0.4, -0.2) is 18.2 Å². The van der Waals surface area contributed by atoms with Crippen LogP contribution in [0, 0.1) is 5.82 Å². The van der Waals surface area contributed by atoms with Gasteiger partial charge in [-0.05, 0) is 41.5 Å². The van der Waals surface area contributed by atoms with Crippen LogP contribution in [0.4, 0.5) is 4.39 Å². The Hall–Kier alpha value is -2.82. The van der Waals surface area contributed by atoms with Crippen molar-refractivity contribution in [1.29, 1.82) is 0 Å². The lowest BCUT2D eigenvalue weighted by molar-refractivity contribution is -0.131. The molecule has 0 spiro atoms. The summed E-state index contributed by atoms with van der Waals surface area (Å²) in [6.07, 6.45) is 2.50. The molecular weight excluding hydrogens is 287 g/mol. The summed E-state index contributed by atoms with van der Waals surface area (Å²) in [6, 6.07) is 11.2. The van der Waals surface area contributed by atoms with Crippen molar-refractivity contribution in [3.05, 3.63) is 65.5 Å². The topological polar surface area (TPSA) is 55.8 Å². The monoisotopic (exact) mass is 302 g/mol. The smallest absolute Gasteiger partial charge is 0.328 e. The van der Waals surface area contributed by atoms with Crippen LogP contribution >= 0.6 is 0 Å². The Morgan fingerprint density at radius 3 is 2.73 bits per heavy atom. The molecule has 0 aliphatic heterocycles. The number of rotatable bonds is 6. The molecule has 0 aliphatic rings. The van der Waals surface area contributed by atoms with Gasteiger partial charge in [0.15, 0.2) is 11.5 Å². The largest absolute Gasteiger partial charge is 0.493 e. The molecule has 0 fully saturated rings. The number of carbonyl (C=O) groups is 1. The second-order valence-corrected chi connectivity index (χ2v) is 4.50. The van der Waals surface area contributed by atoms with Gasteiger partial charge in [0.2, 0.25) is 0 Å². The van der Waals surface area contributed by atoms with Crippen molar-refractivity contribution in [2.24, 2.45) is 0 Å². The molecule has 0 saturated heterocycles. The number of benzene rings is 2. The van der Waals surface area contributed by atoms with Gasteiger partial charge in [0.05, 0.1) is 7.11 Å². The minimum atomic E-state index is -1.03. The highest BCUT2D eigenvalue weighted by Crippen LogP contribution is 2.29. The molecule has 2 aromatic carbocycles. The molecule has 0 atom stereocenters. The van der Waals surface area contributed by atoms with E-state index in [9.17, 15) is 9.18 Å². The molecule has 0 saturated carbocycles. The Bertz CT molecular complexity index is 695. The van der Waals surface area contributed by atoms with Gasteiger partial charge in [-0.25, -0.2) is 9.18 Å². The summed E-state index contributed by atoms with van der Waals surface area (Å²) < 4.78 is 24.0. The van der Waals surface area contributed by atoms with Crippen molar-refractivity contribution in [3.63, 3.8) is 0 Å². The quantitative estimate of drug-likeness (QED) is 0.830. The number of aliphatic carboxylic acids is 1. The first-order chi connectivity index (χ1) is 10.6. The van der Waals surface area contributed by atoms with Gasteiger partial charge in [-0.15, -0.1) is 0 Å². The Labute approximate surface area is 127 Å². The van der Waals surface area contributed by atoms with Gasteiger partial charge in [0.25, 0.3) is 0 Å². The van der Waals surface area contributed by atoms with E-state index in [1.165, 1.54) is 25.3 Å². The Morgan fingerprint density at radius 1 is 1.23 bits per heavy atom. The molecule has 2 rings (SSSR count). The molecule has 114 valence electrons. The minimum Gasteiger partial charge on any atom is -0.493 e. The molecular formula is C17H15FO4. The van der Waals surface area contributed by atoms with Crippen molar-refractivity contribution in [3.8, 4) is 11.5 Å². The van der Waals surface area contributed by atoms with Crippen LogP contribution in [-0.2, 0) is 11.4 Å². The Balaban J connectivity index is 2.17. The van der Waals surface area contributed by atoms with Crippen LogP contribution in [0.1, 0.15) is 11.1 Å². The lowest BCUT2D eigenvalue weighted by atomic mass is 10.2. The third-order valence-corrected chi connectivity index (χ3v) is 2.89. The molecule has 1 N–H and O–H groups in total. The predicted molar refractivity (Wildman–Crippen MR) is 80.4 cm³/mol. The van der Waals surface area contributed by atoms with Gasteiger partial charge in [0.1, 0.15) is 12.4 Å². The van der Waals surface area contributed by atoms with E-state index in [1.807, 2.05) is 0 Å².